The van der Waals surface area contributed by atoms with Crippen LogP contribution in [0.1, 0.15) is 30.2 Å². The molecule has 20 heavy (non-hydrogen) atoms. The van der Waals surface area contributed by atoms with E-state index in [0.717, 1.165) is 0 Å². The van der Waals surface area contributed by atoms with E-state index in [2.05, 4.69) is 9.72 Å². The fraction of sp³-hybridized carbons (Fsp3) is 0.455. The lowest BCUT2D eigenvalue weighted by atomic mass is 10.0. The average Bonchev–Trinajstić information content (AvgIpc) is 2.29. The smallest absolute Gasteiger partial charge is 0.418 e. The van der Waals surface area contributed by atoms with Crippen LogP contribution in [0.2, 0.25) is 0 Å². The summed E-state index contributed by atoms with van der Waals surface area (Å²) in [6, 6.07) is 0. The number of carbonyl (C=O) groups excluding carboxylic acids is 1. The van der Waals surface area contributed by atoms with Gasteiger partial charge in [0.15, 0.2) is 0 Å². The Bertz CT molecular complexity index is 502. The van der Waals surface area contributed by atoms with Crippen molar-refractivity contribution in [1.82, 2.24) is 4.98 Å². The summed E-state index contributed by atoms with van der Waals surface area (Å²) < 4.78 is 68.0. The quantitative estimate of drug-likeness (QED) is 0.685. The van der Waals surface area contributed by atoms with E-state index in [-0.39, 0.29) is 6.61 Å². The van der Waals surface area contributed by atoms with Crippen molar-refractivity contribution in [3.05, 3.63) is 23.0 Å². The molecule has 0 radical (unpaired) electrons. The number of hydrogen-bond acceptors (Lipinski definition) is 4. The van der Waals surface area contributed by atoms with Crippen molar-refractivity contribution < 1.29 is 31.5 Å². The van der Waals surface area contributed by atoms with Gasteiger partial charge < -0.3 is 10.5 Å². The van der Waals surface area contributed by atoms with Crippen molar-refractivity contribution in [2.45, 2.75) is 25.9 Å². The number of aromatic nitrogens is 1. The number of pyridine rings is 1. The van der Waals surface area contributed by atoms with Crippen LogP contribution < -0.4 is 5.73 Å². The van der Waals surface area contributed by atoms with Crippen LogP contribution in [0, 0.1) is 0 Å². The number of anilines is 1. The molecule has 9 heteroatoms. The molecule has 112 valence electrons. The zero-order valence-corrected chi connectivity index (χ0v) is 10.3. The molecule has 0 atom stereocenters. The van der Waals surface area contributed by atoms with Gasteiger partial charge in [-0.1, -0.05) is 0 Å². The Morgan fingerprint density at radius 3 is 2.50 bits per heavy atom. The summed E-state index contributed by atoms with van der Waals surface area (Å²) in [5.74, 6) is -0.843. The van der Waals surface area contributed by atoms with Crippen LogP contribution in [0.5, 0.6) is 0 Å². The average molecular weight is 298 g/mol. The minimum Gasteiger partial charge on any atom is -0.466 e. The normalized spacial score (nSPS) is 11.8. The molecule has 1 aromatic rings. The van der Waals surface area contributed by atoms with Gasteiger partial charge in [0.1, 0.15) is 0 Å². The number of alkyl halides is 5. The summed E-state index contributed by atoms with van der Waals surface area (Å²) in [6.07, 6.45) is -8.69. The van der Waals surface area contributed by atoms with Gasteiger partial charge in [-0.15, -0.1) is 0 Å². The number of carbonyl (C=O) groups is 1. The zero-order chi connectivity index (χ0) is 15.5. The van der Waals surface area contributed by atoms with Gasteiger partial charge in [0.25, 0.3) is 6.43 Å². The second kappa shape index (κ2) is 6.02. The minimum absolute atomic E-state index is 0.0278. The number of nitrogen functional groups attached to an aromatic ring is 1. The highest BCUT2D eigenvalue weighted by atomic mass is 19.4. The molecule has 2 N–H and O–H groups in total. The first-order valence-electron chi connectivity index (χ1n) is 5.46. The van der Waals surface area contributed by atoms with E-state index >= 15 is 0 Å². The molecular weight excluding hydrogens is 287 g/mol. The van der Waals surface area contributed by atoms with E-state index in [1.807, 2.05) is 0 Å². The van der Waals surface area contributed by atoms with Crippen LogP contribution in [0.15, 0.2) is 6.20 Å². The summed E-state index contributed by atoms with van der Waals surface area (Å²) in [6.45, 7) is 1.54. The first kappa shape index (κ1) is 16.1. The van der Waals surface area contributed by atoms with Crippen molar-refractivity contribution in [3.8, 4) is 0 Å². The van der Waals surface area contributed by atoms with Crippen LogP contribution in [0.3, 0.4) is 0 Å². The van der Waals surface area contributed by atoms with Gasteiger partial charge in [0.05, 0.1) is 35.5 Å². The summed E-state index contributed by atoms with van der Waals surface area (Å²) in [5.41, 5.74) is 0.820. The SMILES string of the molecule is CCOC(=O)Cc1ncc(C(F)F)c(C(F)(F)F)c1N. The lowest BCUT2D eigenvalue weighted by Gasteiger charge is -2.16. The monoisotopic (exact) mass is 298 g/mol. The number of rotatable bonds is 4. The Balaban J connectivity index is 3.28. The maximum atomic E-state index is 12.8. The Morgan fingerprint density at radius 1 is 1.45 bits per heavy atom. The van der Waals surface area contributed by atoms with E-state index in [9.17, 15) is 26.7 Å². The number of nitrogens with zero attached hydrogens (tertiary/aromatic N) is 1. The molecule has 0 aliphatic heterocycles. The standard InChI is InChI=1S/C11H11F5N2O2/c1-2-20-7(19)3-6-9(17)8(11(14,15)16)5(4-18-6)10(12)13/h4,10H,2-3,17H2,1H3. The number of halogens is 5. The number of hydrogen-bond donors (Lipinski definition) is 1. The second-order valence-electron chi connectivity index (χ2n) is 3.73. The van der Waals surface area contributed by atoms with Crippen LogP contribution >= 0.6 is 0 Å². The predicted octanol–water partition coefficient (Wildman–Crippen LogP) is 2.73. The Hall–Kier alpha value is -1.93. The zero-order valence-electron chi connectivity index (χ0n) is 10.3. The molecule has 0 aliphatic carbocycles. The predicted molar refractivity (Wildman–Crippen MR) is 58.9 cm³/mol. The third kappa shape index (κ3) is 3.55. The molecule has 4 nitrogen and oxygen atoms in total. The van der Waals surface area contributed by atoms with Crippen molar-refractivity contribution >= 4 is 11.7 Å². The molecule has 0 bridgehead atoms. The van der Waals surface area contributed by atoms with Crippen molar-refractivity contribution in [2.24, 2.45) is 0 Å². The van der Waals surface area contributed by atoms with Crippen LogP contribution in [-0.4, -0.2) is 17.6 Å². The van der Waals surface area contributed by atoms with Gasteiger partial charge >= 0.3 is 12.1 Å². The third-order valence-electron chi connectivity index (χ3n) is 2.36. The molecule has 0 unspecified atom stereocenters. The minimum atomic E-state index is -5.07. The molecule has 0 spiro atoms. The topological polar surface area (TPSA) is 65.2 Å². The van der Waals surface area contributed by atoms with E-state index in [1.54, 1.807) is 0 Å². The second-order valence-corrected chi connectivity index (χ2v) is 3.73. The molecule has 0 amide bonds. The molecule has 1 aromatic heterocycles. The lowest BCUT2D eigenvalue weighted by Crippen LogP contribution is -2.18. The van der Waals surface area contributed by atoms with Gasteiger partial charge in [0, 0.05) is 6.20 Å². The highest BCUT2D eigenvalue weighted by molar-refractivity contribution is 5.75. The maximum absolute atomic E-state index is 12.8. The largest absolute Gasteiger partial charge is 0.466 e. The van der Waals surface area contributed by atoms with Gasteiger partial charge in [0.2, 0.25) is 0 Å². The molecule has 0 saturated heterocycles. The van der Waals surface area contributed by atoms with E-state index in [4.69, 9.17) is 5.73 Å². The van der Waals surface area contributed by atoms with Gasteiger partial charge in [-0.3, -0.25) is 9.78 Å². The Morgan fingerprint density at radius 2 is 2.05 bits per heavy atom. The van der Waals surface area contributed by atoms with Crippen LogP contribution in [-0.2, 0) is 22.1 Å². The summed E-state index contributed by atoms with van der Waals surface area (Å²) in [5, 5.41) is 0. The van der Waals surface area contributed by atoms with Gasteiger partial charge in [-0.25, -0.2) is 8.78 Å². The highest BCUT2D eigenvalue weighted by Gasteiger charge is 2.39. The number of nitrogens with two attached hydrogens (primary N) is 1. The molecular formula is C11H11F5N2O2. The van der Waals surface area contributed by atoms with Gasteiger partial charge in [-0.05, 0) is 6.92 Å². The Labute approximate surface area is 110 Å². The molecule has 1 heterocycles. The van der Waals surface area contributed by atoms with Crippen LogP contribution in [0.25, 0.3) is 0 Å². The highest BCUT2D eigenvalue weighted by Crippen LogP contribution is 2.40. The molecule has 0 saturated carbocycles. The summed E-state index contributed by atoms with van der Waals surface area (Å²) in [7, 11) is 0. The number of ether oxygens (including phenoxy) is 1. The fourth-order valence-electron chi connectivity index (χ4n) is 1.55. The van der Waals surface area contributed by atoms with Crippen molar-refractivity contribution in [1.29, 1.82) is 0 Å². The maximum Gasteiger partial charge on any atom is 0.418 e. The van der Waals surface area contributed by atoms with Crippen molar-refractivity contribution in [2.75, 3.05) is 12.3 Å². The first-order valence-corrected chi connectivity index (χ1v) is 5.46. The molecule has 0 aliphatic rings. The molecule has 0 fully saturated rings. The summed E-state index contributed by atoms with van der Waals surface area (Å²) in [4.78, 5) is 14.6. The van der Waals surface area contributed by atoms with Crippen molar-refractivity contribution in [3.63, 3.8) is 0 Å². The first-order chi connectivity index (χ1) is 9.18. The molecule has 0 aromatic carbocycles. The van der Waals surface area contributed by atoms with Gasteiger partial charge in [-0.2, -0.15) is 13.2 Å². The van der Waals surface area contributed by atoms with Crippen LogP contribution in [0.4, 0.5) is 27.6 Å². The third-order valence-corrected chi connectivity index (χ3v) is 2.36. The number of esters is 1. The Kier molecular flexibility index (Phi) is 4.85. The fourth-order valence-corrected chi connectivity index (χ4v) is 1.55. The van der Waals surface area contributed by atoms with E-state index in [0.29, 0.717) is 6.20 Å². The lowest BCUT2D eigenvalue weighted by molar-refractivity contribution is -0.143. The van der Waals surface area contributed by atoms with E-state index < -0.39 is 47.5 Å². The van der Waals surface area contributed by atoms with E-state index in [1.165, 1.54) is 6.92 Å². The molecule has 1 rings (SSSR count). The summed E-state index contributed by atoms with van der Waals surface area (Å²) >= 11 is 0.